The molecular weight excluding hydrogens is 559 g/mol. The summed E-state index contributed by atoms with van der Waals surface area (Å²) in [4.78, 5) is 30.3. The van der Waals surface area contributed by atoms with Crippen LogP contribution in [0.3, 0.4) is 0 Å². The monoisotopic (exact) mass is 590 g/mol. The van der Waals surface area contributed by atoms with Crippen molar-refractivity contribution in [2.24, 2.45) is 5.92 Å². The second-order valence-corrected chi connectivity index (χ2v) is 10.7. The Hall–Kier alpha value is -4.22. The van der Waals surface area contributed by atoms with Gasteiger partial charge in [-0.25, -0.2) is 23.4 Å². The quantitative estimate of drug-likeness (QED) is 0.230. The van der Waals surface area contributed by atoms with Crippen LogP contribution in [0, 0.1) is 17.6 Å². The van der Waals surface area contributed by atoms with Crippen molar-refractivity contribution in [2.45, 2.75) is 58.2 Å². The molecule has 4 rings (SSSR count). The molecule has 0 radical (unpaired) electrons. The molecule has 1 aliphatic carbocycles. The maximum Gasteiger partial charge on any atom is 0.433 e. The Kier molecular flexibility index (Phi) is 9.33. The molecule has 2 aromatic carbocycles. The van der Waals surface area contributed by atoms with Gasteiger partial charge < -0.3 is 20.6 Å². The zero-order valence-electron chi connectivity index (χ0n) is 23.1. The van der Waals surface area contributed by atoms with Gasteiger partial charge >= 0.3 is 18.2 Å². The fraction of sp³-hybridized carbons (Fsp3) is 0.367. The van der Waals surface area contributed by atoms with Crippen molar-refractivity contribution in [3.05, 3.63) is 71.6 Å². The Balaban J connectivity index is 1.78. The van der Waals surface area contributed by atoms with E-state index in [1.165, 1.54) is 12.1 Å². The van der Waals surface area contributed by atoms with Crippen LogP contribution in [0.1, 0.15) is 62.0 Å². The topological polar surface area (TPSA) is 94.6 Å². The minimum Gasteiger partial charge on any atom is -0.478 e. The van der Waals surface area contributed by atoms with Crippen LogP contribution in [0.15, 0.2) is 48.7 Å². The Bertz CT molecular complexity index is 1440. The second kappa shape index (κ2) is 12.7. The number of benzene rings is 2. The molecule has 0 aliphatic heterocycles. The number of carboxylic acids is 1. The van der Waals surface area contributed by atoms with Crippen molar-refractivity contribution in [1.29, 1.82) is 0 Å². The summed E-state index contributed by atoms with van der Waals surface area (Å²) in [6, 6.07) is 6.34. The number of amides is 2. The van der Waals surface area contributed by atoms with Crippen molar-refractivity contribution in [3.63, 3.8) is 0 Å². The van der Waals surface area contributed by atoms with E-state index in [2.05, 4.69) is 15.6 Å². The number of rotatable bonds is 8. The number of nitrogens with zero attached hydrogens (tertiary/aromatic N) is 2. The van der Waals surface area contributed by atoms with Gasteiger partial charge in [-0.15, -0.1) is 0 Å². The Morgan fingerprint density at radius 1 is 1.00 bits per heavy atom. The smallest absolute Gasteiger partial charge is 0.433 e. The van der Waals surface area contributed by atoms with Gasteiger partial charge in [0, 0.05) is 23.7 Å². The van der Waals surface area contributed by atoms with Gasteiger partial charge in [-0.2, -0.15) is 13.2 Å². The average Bonchev–Trinajstić information content (AvgIpc) is 2.92. The Labute approximate surface area is 239 Å². The highest BCUT2D eigenvalue weighted by atomic mass is 19.4. The van der Waals surface area contributed by atoms with Gasteiger partial charge in [0.25, 0.3) is 0 Å². The van der Waals surface area contributed by atoms with Crippen LogP contribution >= 0.6 is 0 Å². The van der Waals surface area contributed by atoms with Gasteiger partial charge in [-0.3, -0.25) is 0 Å². The number of urea groups is 1. The number of pyridine rings is 1. The first-order chi connectivity index (χ1) is 19.8. The summed E-state index contributed by atoms with van der Waals surface area (Å²) in [5.74, 6) is -2.81. The summed E-state index contributed by atoms with van der Waals surface area (Å²) in [5, 5.41) is 14.7. The number of anilines is 3. The van der Waals surface area contributed by atoms with Gasteiger partial charge in [-0.05, 0) is 61.2 Å². The highest BCUT2D eigenvalue weighted by molar-refractivity contribution is 6.03. The molecule has 0 spiro atoms. The van der Waals surface area contributed by atoms with Crippen LogP contribution in [0.25, 0.3) is 11.1 Å². The molecule has 2 amide bonds. The molecule has 0 saturated heterocycles. The lowest BCUT2D eigenvalue weighted by atomic mass is 9.92. The fourth-order valence-electron chi connectivity index (χ4n) is 5.18. The first kappa shape index (κ1) is 30.7. The van der Waals surface area contributed by atoms with E-state index >= 15 is 4.39 Å². The summed E-state index contributed by atoms with van der Waals surface area (Å²) in [6.45, 7) is 4.54. The van der Waals surface area contributed by atoms with Crippen LogP contribution in [0.5, 0.6) is 0 Å². The third-order valence-corrected chi connectivity index (χ3v) is 7.03. The molecular formula is C30H31F5N4O3. The largest absolute Gasteiger partial charge is 0.478 e. The maximum atomic E-state index is 15.8. The first-order valence-electron chi connectivity index (χ1n) is 13.6. The van der Waals surface area contributed by atoms with Crippen LogP contribution in [0.4, 0.5) is 43.8 Å². The van der Waals surface area contributed by atoms with Crippen LogP contribution in [-0.4, -0.2) is 34.7 Å². The van der Waals surface area contributed by atoms with Gasteiger partial charge in [-0.1, -0.05) is 33.1 Å². The standard InChI is InChI=1S/C30H31F5N4O3/c1-17(2)16-39(20-6-4-3-5-7-20)26-14-24(32)23(22-12-18(31)8-10-21(22)28(40)41)13-25(26)38-29(42)37-19-9-11-27(36-15-19)30(33,34)35/h8-15,17,20H,3-7,16H2,1-2H3,(H,40,41)(H2,37,38,42). The number of aromatic nitrogens is 1. The van der Waals surface area contributed by atoms with E-state index in [0.717, 1.165) is 68.6 Å². The summed E-state index contributed by atoms with van der Waals surface area (Å²) in [7, 11) is 0. The third-order valence-electron chi connectivity index (χ3n) is 7.03. The lowest BCUT2D eigenvalue weighted by Gasteiger charge is -2.38. The number of hydrogen-bond acceptors (Lipinski definition) is 4. The van der Waals surface area contributed by atoms with Gasteiger partial charge in [0.1, 0.15) is 17.3 Å². The SMILES string of the molecule is CC(C)CN(c1cc(F)c(-c2cc(F)ccc2C(=O)O)cc1NC(=O)Nc1ccc(C(F)(F)F)nc1)C1CCCCC1. The molecule has 224 valence electrons. The predicted molar refractivity (Wildman–Crippen MR) is 150 cm³/mol. The van der Waals surface area contributed by atoms with Crippen molar-refractivity contribution in [3.8, 4) is 11.1 Å². The highest BCUT2D eigenvalue weighted by Crippen LogP contribution is 2.39. The first-order valence-corrected chi connectivity index (χ1v) is 13.6. The Morgan fingerprint density at radius 3 is 2.31 bits per heavy atom. The average molecular weight is 591 g/mol. The number of carboxylic acid groups (broad SMARTS) is 1. The third kappa shape index (κ3) is 7.34. The van der Waals surface area contributed by atoms with Crippen molar-refractivity contribution < 1.29 is 36.6 Å². The zero-order valence-corrected chi connectivity index (χ0v) is 23.1. The summed E-state index contributed by atoms with van der Waals surface area (Å²) < 4.78 is 68.7. The number of halogens is 5. The molecule has 1 saturated carbocycles. The number of carbonyl (C=O) groups excluding carboxylic acids is 1. The summed E-state index contributed by atoms with van der Waals surface area (Å²) >= 11 is 0. The lowest BCUT2D eigenvalue weighted by molar-refractivity contribution is -0.141. The normalized spacial score (nSPS) is 14.1. The van der Waals surface area contributed by atoms with Crippen molar-refractivity contribution >= 4 is 29.1 Å². The minimum absolute atomic E-state index is 0.0194. The van der Waals surface area contributed by atoms with E-state index in [9.17, 15) is 32.3 Å². The molecule has 0 unspecified atom stereocenters. The van der Waals surface area contributed by atoms with Gasteiger partial charge in [0.2, 0.25) is 0 Å². The molecule has 3 N–H and O–H groups in total. The molecule has 42 heavy (non-hydrogen) atoms. The molecule has 1 aromatic heterocycles. The number of nitrogens with one attached hydrogen (secondary N) is 2. The molecule has 7 nitrogen and oxygen atoms in total. The van der Waals surface area contributed by atoms with Gasteiger partial charge in [0.05, 0.1) is 28.8 Å². The summed E-state index contributed by atoms with van der Waals surface area (Å²) in [6.07, 6.45) is 0.956. The molecule has 12 heteroatoms. The number of alkyl halides is 3. The molecule has 1 heterocycles. The molecule has 1 aliphatic rings. The predicted octanol–water partition coefficient (Wildman–Crippen LogP) is 8.18. The lowest BCUT2D eigenvalue weighted by Crippen LogP contribution is -2.40. The zero-order chi connectivity index (χ0) is 30.6. The van der Waals surface area contributed by atoms with E-state index in [0.29, 0.717) is 12.2 Å². The highest BCUT2D eigenvalue weighted by Gasteiger charge is 2.32. The molecule has 0 atom stereocenters. The fourth-order valence-corrected chi connectivity index (χ4v) is 5.18. The molecule has 1 fully saturated rings. The molecule has 3 aromatic rings. The number of aromatic carboxylic acids is 1. The Morgan fingerprint density at radius 2 is 1.71 bits per heavy atom. The van der Waals surface area contributed by atoms with Crippen LogP contribution in [-0.2, 0) is 6.18 Å². The number of hydrogen-bond donors (Lipinski definition) is 3. The van der Waals surface area contributed by atoms with E-state index in [-0.39, 0.29) is 40.0 Å². The molecule has 0 bridgehead atoms. The van der Waals surface area contributed by atoms with Crippen molar-refractivity contribution in [2.75, 3.05) is 22.1 Å². The van der Waals surface area contributed by atoms with Crippen LogP contribution < -0.4 is 15.5 Å². The van der Waals surface area contributed by atoms with Crippen molar-refractivity contribution in [1.82, 2.24) is 4.98 Å². The minimum atomic E-state index is -4.65. The van der Waals surface area contributed by atoms with E-state index < -0.39 is 35.5 Å². The van der Waals surface area contributed by atoms with Gasteiger partial charge in [0.15, 0.2) is 0 Å². The summed E-state index contributed by atoms with van der Waals surface area (Å²) in [5.41, 5.74) is -1.46. The van der Waals surface area contributed by atoms with E-state index in [1.54, 1.807) is 0 Å². The van der Waals surface area contributed by atoms with E-state index in [4.69, 9.17) is 0 Å². The second-order valence-electron chi connectivity index (χ2n) is 10.7. The number of carbonyl (C=O) groups is 2. The maximum absolute atomic E-state index is 15.8. The van der Waals surface area contributed by atoms with E-state index in [1.807, 2.05) is 18.7 Å². The van der Waals surface area contributed by atoms with Crippen LogP contribution in [0.2, 0.25) is 0 Å².